The van der Waals surface area contributed by atoms with E-state index in [4.69, 9.17) is 11.6 Å². The van der Waals surface area contributed by atoms with Gasteiger partial charge in [-0.3, -0.25) is 9.59 Å². The second kappa shape index (κ2) is 11.0. The number of nitrogens with one attached hydrogen (secondary N) is 2. The molecule has 31 heavy (non-hydrogen) atoms. The lowest BCUT2D eigenvalue weighted by molar-refractivity contribution is -0.122. The van der Waals surface area contributed by atoms with Crippen LogP contribution in [0.2, 0.25) is 5.02 Å². The van der Waals surface area contributed by atoms with Crippen LogP contribution >= 0.6 is 23.4 Å². The second-order valence-corrected chi connectivity index (χ2v) is 8.26. The third-order valence-electron chi connectivity index (χ3n) is 4.42. The molecule has 0 aliphatic carbocycles. The molecule has 0 fully saturated rings. The van der Waals surface area contributed by atoms with E-state index in [-0.39, 0.29) is 30.7 Å². The molecule has 3 N–H and O–H groups in total. The number of hydrogen-bond donors (Lipinski definition) is 3. The first-order valence-corrected chi connectivity index (χ1v) is 11.0. The minimum absolute atomic E-state index is 0.000000262. The van der Waals surface area contributed by atoms with Crippen LogP contribution in [-0.4, -0.2) is 32.2 Å². The van der Waals surface area contributed by atoms with Crippen molar-refractivity contribution < 1.29 is 14.7 Å². The number of rotatable bonds is 9. The Morgan fingerprint density at radius 1 is 1.16 bits per heavy atom. The average Bonchev–Trinajstić information content (AvgIpc) is 3.13. The van der Waals surface area contributed by atoms with Crippen LogP contribution in [-0.2, 0) is 29.3 Å². The molecule has 3 rings (SSSR count). The Hall–Kier alpha value is -2.81. The van der Waals surface area contributed by atoms with Gasteiger partial charge >= 0.3 is 0 Å². The van der Waals surface area contributed by atoms with Gasteiger partial charge in [0.25, 0.3) is 0 Å². The normalized spacial score (nSPS) is 10.7. The number of anilines is 1. The van der Waals surface area contributed by atoms with E-state index >= 15 is 0 Å². The Morgan fingerprint density at radius 2 is 1.94 bits per heavy atom. The van der Waals surface area contributed by atoms with E-state index in [2.05, 4.69) is 15.6 Å². The number of nitrogens with zero attached hydrogens (tertiary/aromatic N) is 2. The molecule has 0 unspecified atom stereocenters. The number of carbonyl (C=O) groups excluding carboxylic acids is 2. The Kier molecular flexibility index (Phi) is 8.11. The van der Waals surface area contributed by atoms with E-state index < -0.39 is 0 Å². The first kappa shape index (κ1) is 22.9. The van der Waals surface area contributed by atoms with Crippen LogP contribution in [0.5, 0.6) is 0 Å². The highest BCUT2D eigenvalue weighted by molar-refractivity contribution is 7.99. The SMILES string of the molecule is Cc1ccc(CNC(=O)Cn2c(CO)cnc2SCC(=O)Nc2cccc(Cl)c2)cc1. The number of carbonyl (C=O) groups is 2. The molecule has 0 saturated heterocycles. The van der Waals surface area contributed by atoms with Crippen molar-refractivity contribution in [3.05, 3.63) is 76.6 Å². The van der Waals surface area contributed by atoms with Gasteiger partial charge in [-0.15, -0.1) is 0 Å². The van der Waals surface area contributed by atoms with Crippen LogP contribution in [0.3, 0.4) is 0 Å². The van der Waals surface area contributed by atoms with E-state index in [9.17, 15) is 14.7 Å². The summed E-state index contributed by atoms with van der Waals surface area (Å²) in [5, 5.41) is 16.2. The van der Waals surface area contributed by atoms with Crippen molar-refractivity contribution in [1.29, 1.82) is 0 Å². The number of aromatic nitrogens is 2. The van der Waals surface area contributed by atoms with Crippen LogP contribution < -0.4 is 10.6 Å². The fourth-order valence-corrected chi connectivity index (χ4v) is 3.79. The van der Waals surface area contributed by atoms with Crippen molar-refractivity contribution in [3.8, 4) is 0 Å². The summed E-state index contributed by atoms with van der Waals surface area (Å²) in [5.41, 5.74) is 3.26. The summed E-state index contributed by atoms with van der Waals surface area (Å²) in [7, 11) is 0. The lowest BCUT2D eigenvalue weighted by Gasteiger charge is -2.11. The minimum Gasteiger partial charge on any atom is -0.390 e. The highest BCUT2D eigenvalue weighted by atomic mass is 35.5. The zero-order valence-corrected chi connectivity index (χ0v) is 18.5. The molecule has 0 saturated carbocycles. The summed E-state index contributed by atoms with van der Waals surface area (Å²) in [6.45, 7) is 2.16. The fourth-order valence-electron chi connectivity index (χ4n) is 2.80. The molecule has 1 aromatic heterocycles. The number of thioether (sulfide) groups is 1. The van der Waals surface area contributed by atoms with E-state index in [0.717, 1.165) is 11.1 Å². The summed E-state index contributed by atoms with van der Waals surface area (Å²) in [5.74, 6) is -0.339. The quantitative estimate of drug-likeness (QED) is 0.427. The fraction of sp³-hybridized carbons (Fsp3) is 0.227. The van der Waals surface area contributed by atoms with Crippen molar-refractivity contribution in [1.82, 2.24) is 14.9 Å². The molecule has 2 amide bonds. The maximum atomic E-state index is 12.4. The second-order valence-electron chi connectivity index (χ2n) is 6.89. The van der Waals surface area contributed by atoms with Gasteiger partial charge in [0.15, 0.2) is 5.16 Å². The molecule has 0 aliphatic heterocycles. The Labute approximate surface area is 189 Å². The molecule has 162 valence electrons. The van der Waals surface area contributed by atoms with Crippen LogP contribution in [0.25, 0.3) is 0 Å². The van der Waals surface area contributed by atoms with Crippen LogP contribution in [0.4, 0.5) is 5.69 Å². The summed E-state index contributed by atoms with van der Waals surface area (Å²) in [4.78, 5) is 28.9. The van der Waals surface area contributed by atoms with Crippen LogP contribution in [0.15, 0.2) is 59.9 Å². The van der Waals surface area contributed by atoms with Gasteiger partial charge in [0, 0.05) is 17.3 Å². The van der Waals surface area contributed by atoms with Gasteiger partial charge in [0.2, 0.25) is 11.8 Å². The number of aryl methyl sites for hydroxylation is 1. The highest BCUT2D eigenvalue weighted by Crippen LogP contribution is 2.20. The number of aliphatic hydroxyl groups excluding tert-OH is 1. The van der Waals surface area contributed by atoms with Crippen LogP contribution in [0.1, 0.15) is 16.8 Å². The minimum atomic E-state index is -0.256. The standard InChI is InChI=1S/C22H23ClN4O3S/c1-15-5-7-16(8-6-15)10-24-20(29)12-27-19(13-28)11-25-22(27)31-14-21(30)26-18-4-2-3-17(23)9-18/h2-9,11,28H,10,12-14H2,1H3,(H,24,29)(H,26,30). The van der Waals surface area contributed by atoms with Crippen molar-refractivity contribution in [2.75, 3.05) is 11.1 Å². The average molecular weight is 459 g/mol. The van der Waals surface area contributed by atoms with E-state index in [0.29, 0.717) is 28.1 Å². The zero-order chi connectivity index (χ0) is 22.2. The number of halogens is 1. The van der Waals surface area contributed by atoms with Gasteiger partial charge in [-0.1, -0.05) is 59.3 Å². The lowest BCUT2D eigenvalue weighted by Crippen LogP contribution is -2.28. The Morgan fingerprint density at radius 3 is 2.65 bits per heavy atom. The van der Waals surface area contributed by atoms with Gasteiger partial charge in [0.1, 0.15) is 6.54 Å². The largest absolute Gasteiger partial charge is 0.390 e. The van der Waals surface area contributed by atoms with Crippen molar-refractivity contribution in [3.63, 3.8) is 0 Å². The van der Waals surface area contributed by atoms with Gasteiger partial charge in [0.05, 0.1) is 24.3 Å². The molecular weight excluding hydrogens is 436 g/mol. The first-order chi connectivity index (χ1) is 14.9. The first-order valence-electron chi connectivity index (χ1n) is 9.60. The third-order valence-corrected chi connectivity index (χ3v) is 5.64. The van der Waals surface area contributed by atoms with Gasteiger partial charge in [-0.05, 0) is 30.7 Å². The lowest BCUT2D eigenvalue weighted by atomic mass is 10.1. The molecule has 0 radical (unpaired) electrons. The van der Waals surface area contributed by atoms with E-state index in [1.807, 2.05) is 31.2 Å². The number of benzene rings is 2. The molecule has 0 bridgehead atoms. The molecule has 2 aromatic carbocycles. The molecule has 1 heterocycles. The van der Waals surface area contributed by atoms with Gasteiger partial charge in [-0.2, -0.15) is 0 Å². The summed E-state index contributed by atoms with van der Waals surface area (Å²) >= 11 is 7.12. The molecule has 0 aliphatic rings. The topological polar surface area (TPSA) is 96.2 Å². The number of aliphatic hydroxyl groups is 1. The third kappa shape index (κ3) is 6.85. The summed E-state index contributed by atoms with van der Waals surface area (Å²) in [6.07, 6.45) is 1.50. The number of hydrogen-bond acceptors (Lipinski definition) is 5. The summed E-state index contributed by atoms with van der Waals surface area (Å²) in [6, 6.07) is 14.8. The van der Waals surface area contributed by atoms with Gasteiger partial charge in [-0.25, -0.2) is 4.98 Å². The predicted molar refractivity (Wildman–Crippen MR) is 122 cm³/mol. The maximum absolute atomic E-state index is 12.4. The van der Waals surface area contributed by atoms with Crippen molar-refractivity contribution in [2.45, 2.75) is 31.8 Å². The van der Waals surface area contributed by atoms with E-state index in [1.54, 1.807) is 28.8 Å². The Bertz CT molecular complexity index is 1050. The molecule has 3 aromatic rings. The molecule has 0 spiro atoms. The molecule has 9 heteroatoms. The Balaban J connectivity index is 1.57. The van der Waals surface area contributed by atoms with Crippen LogP contribution in [0, 0.1) is 6.92 Å². The summed E-state index contributed by atoms with van der Waals surface area (Å²) < 4.78 is 1.61. The number of amides is 2. The maximum Gasteiger partial charge on any atom is 0.240 e. The van der Waals surface area contributed by atoms with E-state index in [1.165, 1.54) is 18.0 Å². The van der Waals surface area contributed by atoms with Crippen molar-refractivity contribution in [2.24, 2.45) is 0 Å². The zero-order valence-electron chi connectivity index (χ0n) is 17.0. The molecular formula is C22H23ClN4O3S. The highest BCUT2D eigenvalue weighted by Gasteiger charge is 2.15. The van der Waals surface area contributed by atoms with Crippen molar-refractivity contribution >= 4 is 40.9 Å². The monoisotopic (exact) mass is 458 g/mol. The molecule has 0 atom stereocenters. The molecule has 7 nitrogen and oxygen atoms in total. The smallest absolute Gasteiger partial charge is 0.240 e. The van der Waals surface area contributed by atoms with Gasteiger partial charge < -0.3 is 20.3 Å². The predicted octanol–water partition coefficient (Wildman–Crippen LogP) is 3.38. The number of imidazole rings is 1.